The SMILES string of the molecule is CC(NC(=O)N(CC(=O)O)c1ccc(Cl)cc1)C1CCC1. The van der Waals surface area contributed by atoms with Gasteiger partial charge >= 0.3 is 12.0 Å². The van der Waals surface area contributed by atoms with E-state index in [0.29, 0.717) is 16.6 Å². The number of hydrogen-bond donors (Lipinski definition) is 2. The van der Waals surface area contributed by atoms with Crippen LogP contribution in [0, 0.1) is 5.92 Å². The van der Waals surface area contributed by atoms with Gasteiger partial charge in [0.05, 0.1) is 0 Å². The third-order valence-electron chi connectivity index (χ3n) is 3.88. The Bertz CT molecular complexity index is 514. The lowest BCUT2D eigenvalue weighted by atomic mass is 9.80. The molecule has 1 fully saturated rings. The predicted molar refractivity (Wildman–Crippen MR) is 81.8 cm³/mol. The summed E-state index contributed by atoms with van der Waals surface area (Å²) >= 11 is 5.82. The van der Waals surface area contributed by atoms with E-state index in [1.165, 1.54) is 11.3 Å². The van der Waals surface area contributed by atoms with Crippen molar-refractivity contribution in [2.45, 2.75) is 32.2 Å². The predicted octanol–water partition coefficient (Wildman–Crippen LogP) is 3.13. The van der Waals surface area contributed by atoms with Gasteiger partial charge in [0, 0.05) is 16.8 Å². The van der Waals surface area contributed by atoms with Crippen molar-refractivity contribution in [1.82, 2.24) is 5.32 Å². The topological polar surface area (TPSA) is 69.6 Å². The molecule has 2 N–H and O–H groups in total. The molecule has 0 spiro atoms. The van der Waals surface area contributed by atoms with Gasteiger partial charge in [-0.2, -0.15) is 0 Å². The quantitative estimate of drug-likeness (QED) is 0.878. The summed E-state index contributed by atoms with van der Waals surface area (Å²) < 4.78 is 0. The summed E-state index contributed by atoms with van der Waals surface area (Å²) in [6, 6.07) is 6.20. The fourth-order valence-electron chi connectivity index (χ4n) is 2.37. The number of carbonyl (C=O) groups is 2. The molecular weight excluding hydrogens is 292 g/mol. The Balaban J connectivity index is 2.08. The number of rotatable bonds is 5. The van der Waals surface area contributed by atoms with Gasteiger partial charge in [-0.25, -0.2) is 4.79 Å². The lowest BCUT2D eigenvalue weighted by molar-refractivity contribution is -0.135. The molecule has 1 aromatic carbocycles. The van der Waals surface area contributed by atoms with Crippen LogP contribution in [-0.4, -0.2) is 29.7 Å². The summed E-state index contributed by atoms with van der Waals surface area (Å²) in [6.07, 6.45) is 3.42. The summed E-state index contributed by atoms with van der Waals surface area (Å²) in [4.78, 5) is 24.5. The van der Waals surface area contributed by atoms with Crippen molar-refractivity contribution < 1.29 is 14.7 Å². The first-order valence-electron chi connectivity index (χ1n) is 7.03. The number of anilines is 1. The summed E-state index contributed by atoms with van der Waals surface area (Å²) in [7, 11) is 0. The number of benzene rings is 1. The first-order chi connectivity index (χ1) is 9.97. The van der Waals surface area contributed by atoms with E-state index in [1.54, 1.807) is 24.3 Å². The molecule has 1 aliphatic carbocycles. The van der Waals surface area contributed by atoms with E-state index in [4.69, 9.17) is 16.7 Å². The molecule has 0 aliphatic heterocycles. The van der Waals surface area contributed by atoms with Gasteiger partial charge in [0.15, 0.2) is 0 Å². The molecule has 0 bridgehead atoms. The van der Waals surface area contributed by atoms with E-state index in [2.05, 4.69) is 5.32 Å². The number of carboxylic acids is 1. The largest absolute Gasteiger partial charge is 0.480 e. The van der Waals surface area contributed by atoms with E-state index in [-0.39, 0.29) is 18.6 Å². The highest BCUT2D eigenvalue weighted by molar-refractivity contribution is 6.30. The van der Waals surface area contributed by atoms with E-state index >= 15 is 0 Å². The number of nitrogens with one attached hydrogen (secondary N) is 1. The maximum atomic E-state index is 12.3. The van der Waals surface area contributed by atoms with Crippen LogP contribution in [0.2, 0.25) is 5.02 Å². The van der Waals surface area contributed by atoms with Crippen LogP contribution in [0.5, 0.6) is 0 Å². The van der Waals surface area contributed by atoms with E-state index in [9.17, 15) is 9.59 Å². The maximum absolute atomic E-state index is 12.3. The molecular formula is C15H19ClN2O3. The van der Waals surface area contributed by atoms with Gasteiger partial charge in [0.1, 0.15) is 6.54 Å². The Morgan fingerprint density at radius 3 is 2.48 bits per heavy atom. The zero-order valence-corrected chi connectivity index (χ0v) is 12.6. The Morgan fingerprint density at radius 2 is 2.00 bits per heavy atom. The highest BCUT2D eigenvalue weighted by atomic mass is 35.5. The fraction of sp³-hybridized carbons (Fsp3) is 0.467. The van der Waals surface area contributed by atoms with Crippen LogP contribution in [0.4, 0.5) is 10.5 Å². The Labute approximate surface area is 128 Å². The average molecular weight is 311 g/mol. The molecule has 2 rings (SSSR count). The van der Waals surface area contributed by atoms with E-state index < -0.39 is 5.97 Å². The average Bonchev–Trinajstić information content (AvgIpc) is 2.34. The summed E-state index contributed by atoms with van der Waals surface area (Å²) in [6.45, 7) is 1.58. The van der Waals surface area contributed by atoms with Gasteiger partial charge in [0.25, 0.3) is 0 Å². The lowest BCUT2D eigenvalue weighted by Gasteiger charge is -2.33. The summed E-state index contributed by atoms with van der Waals surface area (Å²) in [5, 5.41) is 12.4. The minimum absolute atomic E-state index is 0.0508. The zero-order valence-electron chi connectivity index (χ0n) is 11.9. The second-order valence-electron chi connectivity index (χ2n) is 5.39. The van der Waals surface area contributed by atoms with Crippen LogP contribution >= 0.6 is 11.6 Å². The van der Waals surface area contributed by atoms with Crippen LogP contribution in [-0.2, 0) is 4.79 Å². The smallest absolute Gasteiger partial charge is 0.323 e. The Hall–Kier alpha value is -1.75. The molecule has 0 aromatic heterocycles. The molecule has 1 aliphatic rings. The van der Waals surface area contributed by atoms with Crippen molar-refractivity contribution in [3.63, 3.8) is 0 Å². The Morgan fingerprint density at radius 1 is 1.38 bits per heavy atom. The molecule has 1 aromatic rings. The summed E-state index contributed by atoms with van der Waals surface area (Å²) in [5.74, 6) is -0.567. The Kier molecular flexibility index (Phi) is 5.07. The molecule has 0 heterocycles. The van der Waals surface area contributed by atoms with Crippen molar-refractivity contribution >= 4 is 29.3 Å². The van der Waals surface area contributed by atoms with Crippen LogP contribution < -0.4 is 10.2 Å². The minimum Gasteiger partial charge on any atom is -0.480 e. The molecule has 114 valence electrons. The first kappa shape index (κ1) is 15.6. The molecule has 2 amide bonds. The van der Waals surface area contributed by atoms with Crippen LogP contribution in [0.15, 0.2) is 24.3 Å². The molecule has 5 nitrogen and oxygen atoms in total. The van der Waals surface area contributed by atoms with Gasteiger partial charge in [-0.15, -0.1) is 0 Å². The van der Waals surface area contributed by atoms with Gasteiger partial charge in [-0.3, -0.25) is 9.69 Å². The second kappa shape index (κ2) is 6.80. The zero-order chi connectivity index (χ0) is 15.4. The maximum Gasteiger partial charge on any atom is 0.323 e. The fourth-order valence-corrected chi connectivity index (χ4v) is 2.49. The van der Waals surface area contributed by atoms with Gasteiger partial charge in [-0.1, -0.05) is 18.0 Å². The molecule has 1 atom stereocenters. The van der Waals surface area contributed by atoms with Crippen molar-refractivity contribution in [3.05, 3.63) is 29.3 Å². The highest BCUT2D eigenvalue weighted by Crippen LogP contribution is 2.29. The summed E-state index contributed by atoms with van der Waals surface area (Å²) in [5.41, 5.74) is 0.514. The van der Waals surface area contributed by atoms with Crippen LogP contribution in [0.1, 0.15) is 26.2 Å². The van der Waals surface area contributed by atoms with Crippen molar-refractivity contribution in [3.8, 4) is 0 Å². The van der Waals surface area contributed by atoms with E-state index in [0.717, 1.165) is 12.8 Å². The lowest BCUT2D eigenvalue weighted by Crippen LogP contribution is -2.49. The number of urea groups is 1. The van der Waals surface area contributed by atoms with Crippen molar-refractivity contribution in [2.24, 2.45) is 5.92 Å². The number of halogens is 1. The van der Waals surface area contributed by atoms with Crippen molar-refractivity contribution in [1.29, 1.82) is 0 Å². The van der Waals surface area contributed by atoms with Crippen LogP contribution in [0.25, 0.3) is 0 Å². The number of aliphatic carboxylic acids is 1. The molecule has 0 radical (unpaired) electrons. The molecule has 6 heteroatoms. The number of carboxylic acid groups (broad SMARTS) is 1. The third-order valence-corrected chi connectivity index (χ3v) is 4.14. The van der Waals surface area contributed by atoms with Gasteiger partial charge in [-0.05, 0) is 49.9 Å². The minimum atomic E-state index is -1.06. The standard InChI is InChI=1S/C15H19ClN2O3/c1-10(11-3-2-4-11)17-15(21)18(9-14(19)20)13-7-5-12(16)6-8-13/h5-8,10-11H,2-4,9H2,1H3,(H,17,21)(H,19,20). The normalized spacial score (nSPS) is 15.9. The molecule has 21 heavy (non-hydrogen) atoms. The molecule has 1 saturated carbocycles. The molecule has 0 saturated heterocycles. The van der Waals surface area contributed by atoms with Crippen LogP contribution in [0.3, 0.4) is 0 Å². The number of amides is 2. The second-order valence-corrected chi connectivity index (χ2v) is 5.82. The monoisotopic (exact) mass is 310 g/mol. The third kappa shape index (κ3) is 4.11. The number of carbonyl (C=O) groups excluding carboxylic acids is 1. The van der Waals surface area contributed by atoms with Gasteiger partial charge < -0.3 is 10.4 Å². The van der Waals surface area contributed by atoms with E-state index in [1.807, 2.05) is 6.92 Å². The molecule has 1 unspecified atom stereocenters. The van der Waals surface area contributed by atoms with Crippen molar-refractivity contribution in [2.75, 3.05) is 11.4 Å². The highest BCUT2D eigenvalue weighted by Gasteiger charge is 2.27. The number of nitrogens with zero attached hydrogens (tertiary/aromatic N) is 1. The first-order valence-corrected chi connectivity index (χ1v) is 7.40. The van der Waals surface area contributed by atoms with Gasteiger partial charge in [0.2, 0.25) is 0 Å². The number of hydrogen-bond acceptors (Lipinski definition) is 2.